The van der Waals surface area contributed by atoms with Crippen LogP contribution in [0, 0.1) is 0 Å². The third kappa shape index (κ3) is 85.4. The zero-order valence-corrected chi connectivity index (χ0v) is 66.6. The summed E-state index contributed by atoms with van der Waals surface area (Å²) >= 11 is 0. The summed E-state index contributed by atoms with van der Waals surface area (Å²) in [5, 5.41) is 0. The molecule has 0 aromatic carbocycles. The smallest absolute Gasteiger partial charge is 0.462 e. The van der Waals surface area contributed by atoms with E-state index in [9.17, 15) is 19.0 Å². The lowest BCUT2D eigenvalue weighted by molar-refractivity contribution is -0.161. The van der Waals surface area contributed by atoms with E-state index in [4.69, 9.17) is 24.3 Å². The summed E-state index contributed by atoms with van der Waals surface area (Å²) in [5.41, 5.74) is 5.42. The molecule has 0 amide bonds. The van der Waals surface area contributed by atoms with Crippen molar-refractivity contribution < 1.29 is 37.6 Å². The molecule has 0 aromatic heterocycles. The van der Waals surface area contributed by atoms with Crippen molar-refractivity contribution in [1.29, 1.82) is 0 Å². The molecule has 0 heterocycles. The van der Waals surface area contributed by atoms with E-state index < -0.39 is 26.5 Å². The van der Waals surface area contributed by atoms with Crippen molar-refractivity contribution in [3.8, 4) is 0 Å². The second-order valence-electron chi connectivity index (χ2n) is 26.9. The van der Waals surface area contributed by atoms with Gasteiger partial charge in [-0.15, -0.1) is 0 Å². The number of allylic oxidation sites excluding steroid dienone is 34. The van der Waals surface area contributed by atoms with Gasteiger partial charge in [-0.05, 0) is 148 Å². The highest BCUT2D eigenvalue weighted by atomic mass is 31.2. The van der Waals surface area contributed by atoms with Crippen molar-refractivity contribution in [2.45, 2.75) is 341 Å². The van der Waals surface area contributed by atoms with Crippen LogP contribution in [0.5, 0.6) is 0 Å². The summed E-state index contributed by atoms with van der Waals surface area (Å²) < 4.78 is 33.3. The van der Waals surface area contributed by atoms with Gasteiger partial charge in [0.1, 0.15) is 6.61 Å². The number of esters is 2. The summed E-state index contributed by atoms with van der Waals surface area (Å²) in [5.74, 6) is -0.829. The molecule has 10 heteroatoms. The van der Waals surface area contributed by atoms with Crippen LogP contribution >= 0.6 is 7.82 Å². The first kappa shape index (κ1) is 97.6. The summed E-state index contributed by atoms with van der Waals surface area (Å²) in [6.45, 7) is 3.52. The van der Waals surface area contributed by atoms with E-state index in [1.165, 1.54) is 154 Å². The van der Waals surface area contributed by atoms with Crippen molar-refractivity contribution >= 4 is 19.8 Å². The molecule has 2 unspecified atom stereocenters. The number of rotatable bonds is 76. The minimum atomic E-state index is -4.41. The van der Waals surface area contributed by atoms with E-state index in [2.05, 4.69) is 220 Å². The van der Waals surface area contributed by atoms with Crippen LogP contribution in [0.2, 0.25) is 0 Å². The summed E-state index contributed by atoms with van der Waals surface area (Å²) in [7, 11) is -4.41. The third-order valence-electron chi connectivity index (χ3n) is 17.2. The van der Waals surface area contributed by atoms with Gasteiger partial charge in [0.2, 0.25) is 0 Å². The van der Waals surface area contributed by atoms with Gasteiger partial charge in [0.05, 0.1) is 13.2 Å². The van der Waals surface area contributed by atoms with Gasteiger partial charge in [0, 0.05) is 19.4 Å². The first-order valence-electron chi connectivity index (χ1n) is 41.6. The fraction of sp³-hybridized carbons (Fsp3) is 0.613. The first-order chi connectivity index (χ1) is 50.8. The molecule has 103 heavy (non-hydrogen) atoms. The number of hydrogen-bond donors (Lipinski definition) is 2. The maximum absolute atomic E-state index is 12.8. The minimum absolute atomic E-state index is 0.0463. The molecule has 0 aromatic rings. The maximum Gasteiger partial charge on any atom is 0.472 e. The molecule has 0 rings (SSSR count). The Morgan fingerprint density at radius 1 is 0.291 bits per heavy atom. The number of carbonyl (C=O) groups excluding carboxylic acids is 2. The number of ether oxygens (including phenoxy) is 2. The monoisotopic (exact) mass is 1440 g/mol. The van der Waals surface area contributed by atoms with Gasteiger partial charge in [0.25, 0.3) is 0 Å². The minimum Gasteiger partial charge on any atom is -0.462 e. The lowest BCUT2D eigenvalue weighted by atomic mass is 10.0. The molecule has 582 valence electrons. The first-order valence-corrected chi connectivity index (χ1v) is 43.1. The van der Waals surface area contributed by atoms with Crippen molar-refractivity contribution in [3.05, 3.63) is 207 Å². The molecule has 0 fully saturated rings. The summed E-state index contributed by atoms with van der Waals surface area (Å²) in [6, 6.07) is 0. The SMILES string of the molecule is CC/C=C\C/C=C\C/C=C\C/C=C\C/C=C\C/C=C\C/C=C\C/C=C\C/C=C\CCCCCCCCCCCCCCCC(=O)OC(COC(=O)CCCCCCCCCCCCCCCCCC/C=C\C/C=C\C/C=C\C/C=C\C/C=C\C/C=C\C/C=C\C/C=C\CC)COP(=O)(O)OCCN. The Morgan fingerprint density at radius 3 is 0.748 bits per heavy atom. The molecule has 0 aliphatic carbocycles. The average molecular weight is 1440 g/mol. The molecule has 0 saturated heterocycles. The lowest BCUT2D eigenvalue weighted by Gasteiger charge is -2.19. The normalized spacial score (nSPS) is 13.9. The molecular formula is C93H152NO8P. The predicted molar refractivity (Wildman–Crippen MR) is 449 cm³/mol. The number of nitrogens with two attached hydrogens (primary N) is 1. The Balaban J connectivity index is 3.87. The molecule has 2 atom stereocenters. The molecule has 0 spiro atoms. The van der Waals surface area contributed by atoms with Gasteiger partial charge in [-0.25, -0.2) is 4.57 Å². The van der Waals surface area contributed by atoms with Crippen LogP contribution in [0.25, 0.3) is 0 Å². The van der Waals surface area contributed by atoms with Crippen LogP contribution < -0.4 is 5.73 Å². The van der Waals surface area contributed by atoms with E-state index >= 15 is 0 Å². The van der Waals surface area contributed by atoms with Gasteiger partial charge in [-0.3, -0.25) is 18.6 Å². The Kier molecular flexibility index (Phi) is 81.0. The number of hydrogen-bond acceptors (Lipinski definition) is 8. The summed E-state index contributed by atoms with van der Waals surface area (Å²) in [6.07, 6.45) is 131. The van der Waals surface area contributed by atoms with Crippen molar-refractivity contribution in [2.75, 3.05) is 26.4 Å². The average Bonchev–Trinajstić information content (AvgIpc) is 0.970. The second kappa shape index (κ2) is 85.5. The quantitative estimate of drug-likeness (QED) is 0.0264. The van der Waals surface area contributed by atoms with Gasteiger partial charge >= 0.3 is 19.8 Å². The predicted octanol–water partition coefficient (Wildman–Crippen LogP) is 28.5. The molecule has 3 N–H and O–H groups in total. The molecule has 0 radical (unpaired) electrons. The highest BCUT2D eigenvalue weighted by Crippen LogP contribution is 2.43. The molecule has 0 aliphatic rings. The van der Waals surface area contributed by atoms with Crippen LogP contribution in [0.4, 0.5) is 0 Å². The van der Waals surface area contributed by atoms with E-state index in [1.54, 1.807) is 0 Å². The molecule has 0 aliphatic heterocycles. The summed E-state index contributed by atoms with van der Waals surface area (Å²) in [4.78, 5) is 35.5. The van der Waals surface area contributed by atoms with E-state index in [0.29, 0.717) is 6.42 Å². The fourth-order valence-corrected chi connectivity index (χ4v) is 11.9. The molecular weight excluding hydrogens is 1290 g/mol. The zero-order valence-electron chi connectivity index (χ0n) is 65.7. The maximum atomic E-state index is 12.8. The van der Waals surface area contributed by atoms with Crippen molar-refractivity contribution in [3.63, 3.8) is 0 Å². The largest absolute Gasteiger partial charge is 0.472 e. The Morgan fingerprint density at radius 2 is 0.505 bits per heavy atom. The molecule has 9 nitrogen and oxygen atoms in total. The van der Waals surface area contributed by atoms with Crippen LogP contribution in [-0.2, 0) is 32.7 Å². The van der Waals surface area contributed by atoms with Crippen LogP contribution in [0.3, 0.4) is 0 Å². The second-order valence-corrected chi connectivity index (χ2v) is 28.3. The van der Waals surface area contributed by atoms with Gasteiger partial charge in [-0.2, -0.15) is 0 Å². The number of phosphoric acid groups is 1. The third-order valence-corrected chi connectivity index (χ3v) is 18.1. The fourth-order valence-electron chi connectivity index (χ4n) is 11.1. The van der Waals surface area contributed by atoms with E-state index in [1.807, 2.05) is 0 Å². The van der Waals surface area contributed by atoms with Crippen LogP contribution in [0.1, 0.15) is 335 Å². The van der Waals surface area contributed by atoms with Crippen LogP contribution in [-0.4, -0.2) is 49.3 Å². The highest BCUT2D eigenvalue weighted by molar-refractivity contribution is 7.47. The van der Waals surface area contributed by atoms with Crippen LogP contribution in [0.15, 0.2) is 207 Å². The van der Waals surface area contributed by atoms with E-state index in [-0.39, 0.29) is 38.6 Å². The lowest BCUT2D eigenvalue weighted by Crippen LogP contribution is -2.29. The standard InChI is InChI=1S/C93H152NO8P/c1-3-5-7-9-11-13-15-17-19-21-23-25-27-29-31-33-35-37-39-41-43-45-47-49-51-53-55-57-59-61-63-65-67-69-71-73-75-77-79-81-83-85-92(95)99-89-91(90-101-103(97,98)100-88-87-94)102-93(96)86-84-82-80-78-76-74-72-70-68-66-64-62-60-58-56-54-52-50-48-46-44-42-40-38-36-34-32-30-28-26-24-22-20-18-16-14-12-10-8-6-4-2/h5-8,11-14,17-20,23-26,29-32,35-38,41-44,47-50,54,56,91H,3-4,9-10,15-16,21-22,27-28,33-34,39-40,45-46,51-53,55,57-90,94H2,1-2H3,(H,97,98)/b7-5-,8-6-,13-11-,14-12-,19-17-,20-18-,25-23-,26-24-,31-29-,32-30-,37-35-,38-36-,43-41-,44-42-,49-47-,50-48-,56-54-. The number of carbonyl (C=O) groups is 2. The highest BCUT2D eigenvalue weighted by Gasteiger charge is 2.26. The Hall–Kier alpha value is -5.41. The topological polar surface area (TPSA) is 134 Å². The van der Waals surface area contributed by atoms with Gasteiger partial charge < -0.3 is 20.1 Å². The number of phosphoric ester groups is 1. The van der Waals surface area contributed by atoms with Crippen molar-refractivity contribution in [1.82, 2.24) is 0 Å². The van der Waals surface area contributed by atoms with E-state index in [0.717, 1.165) is 148 Å². The van der Waals surface area contributed by atoms with Crippen molar-refractivity contribution in [2.24, 2.45) is 5.73 Å². The number of unbranched alkanes of at least 4 members (excludes halogenated alkanes) is 29. The molecule has 0 saturated carbocycles. The van der Waals surface area contributed by atoms with Gasteiger partial charge in [0.15, 0.2) is 6.10 Å². The Labute approximate surface area is 633 Å². The Bertz CT molecular complexity index is 2460. The zero-order chi connectivity index (χ0) is 74.3. The molecule has 0 bridgehead atoms. The van der Waals surface area contributed by atoms with Gasteiger partial charge in [-0.1, -0.05) is 381 Å².